The minimum Gasteiger partial charge on any atom is -0.338 e. The lowest BCUT2D eigenvalue weighted by Gasteiger charge is -2.11. The molecule has 2 aromatic heterocycles. The van der Waals surface area contributed by atoms with E-state index in [9.17, 15) is 4.79 Å². The van der Waals surface area contributed by atoms with Crippen molar-refractivity contribution in [2.24, 2.45) is 0 Å². The van der Waals surface area contributed by atoms with Crippen LogP contribution in [0.5, 0.6) is 0 Å². The lowest BCUT2D eigenvalue weighted by molar-refractivity contribution is 0.391. The fourth-order valence-electron chi connectivity index (χ4n) is 2.82. The lowest BCUT2D eigenvalue weighted by atomic mass is 10.2. The van der Waals surface area contributed by atoms with Crippen molar-refractivity contribution in [2.45, 2.75) is 30.8 Å². The first-order chi connectivity index (χ1) is 13.3. The first-order valence-electron chi connectivity index (χ1n) is 8.76. The Morgan fingerprint density at radius 3 is 2.63 bits per heavy atom. The van der Waals surface area contributed by atoms with E-state index in [1.54, 1.807) is 4.57 Å². The van der Waals surface area contributed by atoms with Crippen molar-refractivity contribution in [2.75, 3.05) is 0 Å². The smallest absolute Gasteiger partial charge is 0.262 e. The van der Waals surface area contributed by atoms with Crippen LogP contribution in [0.4, 0.5) is 0 Å². The van der Waals surface area contributed by atoms with E-state index in [0.717, 1.165) is 12.0 Å². The summed E-state index contributed by atoms with van der Waals surface area (Å²) in [6.07, 6.45) is 0.853. The quantitative estimate of drug-likeness (QED) is 0.371. The van der Waals surface area contributed by atoms with Crippen molar-refractivity contribution in [3.05, 3.63) is 70.8 Å². The fraction of sp³-hybridized carbons (Fsp3) is 0.200. The van der Waals surface area contributed by atoms with Crippen molar-refractivity contribution in [3.8, 4) is 11.4 Å². The maximum Gasteiger partial charge on any atom is 0.262 e. The van der Waals surface area contributed by atoms with Crippen LogP contribution < -0.4 is 5.56 Å². The van der Waals surface area contributed by atoms with Crippen LogP contribution in [0.3, 0.4) is 0 Å². The summed E-state index contributed by atoms with van der Waals surface area (Å²) in [4.78, 5) is 21.9. The van der Waals surface area contributed by atoms with E-state index < -0.39 is 0 Å². The van der Waals surface area contributed by atoms with Crippen molar-refractivity contribution >= 4 is 22.7 Å². The minimum absolute atomic E-state index is 0.0135. The van der Waals surface area contributed by atoms with Gasteiger partial charge in [0.05, 0.1) is 16.7 Å². The molecule has 0 fully saturated rings. The third-order valence-corrected chi connectivity index (χ3v) is 5.06. The molecule has 4 aromatic rings. The first-order valence-corrected chi connectivity index (χ1v) is 9.75. The van der Waals surface area contributed by atoms with E-state index in [0.29, 0.717) is 40.1 Å². The summed E-state index contributed by atoms with van der Waals surface area (Å²) in [6, 6.07) is 17.1. The number of fused-ring (bicyclic) bond motifs is 1. The molecule has 136 valence electrons. The number of hydrogen-bond donors (Lipinski definition) is 0. The molecule has 27 heavy (non-hydrogen) atoms. The van der Waals surface area contributed by atoms with Gasteiger partial charge in [-0.05, 0) is 18.6 Å². The van der Waals surface area contributed by atoms with Gasteiger partial charge in [0, 0.05) is 12.1 Å². The molecule has 7 heteroatoms. The summed E-state index contributed by atoms with van der Waals surface area (Å²) in [6.45, 7) is 2.66. The molecule has 2 aromatic carbocycles. The zero-order valence-corrected chi connectivity index (χ0v) is 15.6. The van der Waals surface area contributed by atoms with Crippen LogP contribution in [0.25, 0.3) is 22.3 Å². The van der Waals surface area contributed by atoms with Crippen LogP contribution in [0.1, 0.15) is 19.2 Å². The largest absolute Gasteiger partial charge is 0.338 e. The van der Waals surface area contributed by atoms with Gasteiger partial charge in [-0.25, -0.2) is 4.98 Å². The topological polar surface area (TPSA) is 73.8 Å². The van der Waals surface area contributed by atoms with Gasteiger partial charge in [-0.3, -0.25) is 9.36 Å². The molecule has 0 spiro atoms. The number of aromatic nitrogens is 4. The molecule has 0 aliphatic heterocycles. The molecule has 0 saturated carbocycles. The van der Waals surface area contributed by atoms with Gasteiger partial charge in [0.1, 0.15) is 0 Å². The van der Waals surface area contributed by atoms with Crippen LogP contribution in [0.15, 0.2) is 69.1 Å². The predicted octanol–water partition coefficient (Wildman–Crippen LogP) is 4.15. The number of hydrogen-bond acceptors (Lipinski definition) is 6. The third kappa shape index (κ3) is 3.64. The molecule has 0 atom stereocenters. The predicted molar refractivity (Wildman–Crippen MR) is 106 cm³/mol. The molecule has 0 saturated heterocycles. The lowest BCUT2D eigenvalue weighted by Crippen LogP contribution is -2.23. The van der Waals surface area contributed by atoms with Crippen molar-refractivity contribution in [1.29, 1.82) is 0 Å². The van der Waals surface area contributed by atoms with E-state index in [-0.39, 0.29) is 5.56 Å². The molecule has 4 rings (SSSR count). The number of rotatable bonds is 6. The molecule has 0 aliphatic rings. The molecule has 0 N–H and O–H groups in total. The SMILES string of the molecule is CCCn1c(SCc2nc(-c3ccccc3)no2)nc2ccccc2c1=O. The Labute approximate surface area is 160 Å². The van der Waals surface area contributed by atoms with Gasteiger partial charge in [0.15, 0.2) is 5.16 Å². The highest BCUT2D eigenvalue weighted by Crippen LogP contribution is 2.23. The van der Waals surface area contributed by atoms with E-state index in [1.165, 1.54) is 11.8 Å². The highest BCUT2D eigenvalue weighted by atomic mass is 32.2. The fourth-order valence-corrected chi connectivity index (χ4v) is 3.69. The number of nitrogens with zero attached hydrogens (tertiary/aromatic N) is 4. The Hall–Kier alpha value is -2.93. The number of para-hydroxylation sites is 1. The molecule has 0 radical (unpaired) electrons. The Morgan fingerprint density at radius 2 is 1.81 bits per heavy atom. The van der Waals surface area contributed by atoms with Gasteiger partial charge in [0.25, 0.3) is 5.56 Å². The molecule has 0 unspecified atom stereocenters. The summed E-state index contributed by atoms with van der Waals surface area (Å²) in [7, 11) is 0. The normalized spacial score (nSPS) is 11.1. The highest BCUT2D eigenvalue weighted by molar-refractivity contribution is 7.98. The summed E-state index contributed by atoms with van der Waals surface area (Å²) >= 11 is 1.43. The van der Waals surface area contributed by atoms with Crippen molar-refractivity contribution < 1.29 is 4.52 Å². The zero-order valence-electron chi connectivity index (χ0n) is 14.8. The molecule has 0 bridgehead atoms. The Morgan fingerprint density at radius 1 is 1.04 bits per heavy atom. The Bertz CT molecular complexity index is 1120. The number of thioether (sulfide) groups is 1. The first kappa shape index (κ1) is 17.5. The molecule has 2 heterocycles. The van der Waals surface area contributed by atoms with Crippen LogP contribution in [0, 0.1) is 0 Å². The molecular formula is C20H18N4O2S. The maximum absolute atomic E-state index is 12.8. The van der Waals surface area contributed by atoms with E-state index in [2.05, 4.69) is 15.1 Å². The standard InChI is InChI=1S/C20H18N4O2S/c1-2-12-24-19(25)15-10-6-7-11-16(15)21-20(24)27-13-17-22-18(23-26-17)14-8-4-3-5-9-14/h3-11H,2,12-13H2,1H3. The van der Waals surface area contributed by atoms with Crippen LogP contribution >= 0.6 is 11.8 Å². The average Bonchev–Trinajstić information content (AvgIpc) is 3.19. The van der Waals surface area contributed by atoms with Crippen LogP contribution in [-0.2, 0) is 12.3 Å². The third-order valence-electron chi connectivity index (χ3n) is 4.10. The molecule has 0 amide bonds. The van der Waals surface area contributed by atoms with Crippen molar-refractivity contribution in [3.63, 3.8) is 0 Å². The van der Waals surface area contributed by atoms with Gasteiger partial charge in [-0.2, -0.15) is 4.98 Å². The van der Waals surface area contributed by atoms with Crippen molar-refractivity contribution in [1.82, 2.24) is 19.7 Å². The minimum atomic E-state index is -0.0135. The van der Waals surface area contributed by atoms with Gasteiger partial charge >= 0.3 is 0 Å². The zero-order chi connectivity index (χ0) is 18.6. The second kappa shape index (κ2) is 7.75. The monoisotopic (exact) mass is 378 g/mol. The van der Waals surface area contributed by atoms with Gasteiger partial charge in [0.2, 0.25) is 11.7 Å². The molecule has 6 nitrogen and oxygen atoms in total. The van der Waals surface area contributed by atoms with E-state index in [1.807, 2.05) is 61.5 Å². The van der Waals surface area contributed by atoms with Gasteiger partial charge < -0.3 is 4.52 Å². The van der Waals surface area contributed by atoms with Gasteiger partial charge in [-0.1, -0.05) is 66.3 Å². The molecule has 0 aliphatic carbocycles. The Balaban J connectivity index is 1.61. The van der Waals surface area contributed by atoms with Crippen LogP contribution in [0.2, 0.25) is 0 Å². The maximum atomic E-state index is 12.8. The second-order valence-electron chi connectivity index (χ2n) is 6.03. The van der Waals surface area contributed by atoms with Crippen LogP contribution in [-0.4, -0.2) is 19.7 Å². The van der Waals surface area contributed by atoms with Gasteiger partial charge in [-0.15, -0.1) is 0 Å². The van der Waals surface area contributed by atoms with E-state index >= 15 is 0 Å². The average molecular weight is 378 g/mol. The molecular weight excluding hydrogens is 360 g/mol. The van der Waals surface area contributed by atoms with E-state index in [4.69, 9.17) is 4.52 Å². The second-order valence-corrected chi connectivity index (χ2v) is 6.98. The summed E-state index contributed by atoms with van der Waals surface area (Å²) in [5, 5.41) is 5.34. The summed E-state index contributed by atoms with van der Waals surface area (Å²) in [5.41, 5.74) is 1.59. The number of benzene rings is 2. The highest BCUT2D eigenvalue weighted by Gasteiger charge is 2.14. The summed E-state index contributed by atoms with van der Waals surface area (Å²) in [5.74, 6) is 1.52. The Kier molecular flexibility index (Phi) is 5.02. The summed E-state index contributed by atoms with van der Waals surface area (Å²) < 4.78 is 7.08.